The van der Waals surface area contributed by atoms with Gasteiger partial charge in [-0.2, -0.15) is 0 Å². The molecule has 0 aliphatic heterocycles. The van der Waals surface area contributed by atoms with Crippen molar-refractivity contribution in [3.8, 4) is 0 Å². The van der Waals surface area contributed by atoms with E-state index in [4.69, 9.17) is 28.4 Å². The van der Waals surface area contributed by atoms with Crippen LogP contribution >= 0.6 is 0 Å². The van der Waals surface area contributed by atoms with E-state index in [9.17, 15) is 9.59 Å². The zero-order valence-electron chi connectivity index (χ0n) is 16.7. The maximum absolute atomic E-state index is 11.8. The molecule has 0 saturated carbocycles. The number of Topliss-reactive ketones (excluding diaryl/α,β-unsaturated/α-hetero) is 1. The van der Waals surface area contributed by atoms with E-state index < -0.39 is 11.8 Å². The lowest BCUT2D eigenvalue weighted by molar-refractivity contribution is -0.139. The van der Waals surface area contributed by atoms with Gasteiger partial charge >= 0.3 is 5.97 Å². The van der Waals surface area contributed by atoms with Gasteiger partial charge in [-0.05, 0) is 0 Å². The second-order valence-corrected chi connectivity index (χ2v) is 5.64. The molecule has 1 rings (SSSR count). The first kappa shape index (κ1) is 24.9. The lowest BCUT2D eigenvalue weighted by Gasteiger charge is -2.08. The molecule has 0 heterocycles. The van der Waals surface area contributed by atoms with Gasteiger partial charge in [0.25, 0.3) is 5.78 Å². The molecule has 0 aromatic heterocycles. The highest BCUT2D eigenvalue weighted by Gasteiger charge is 2.16. The van der Waals surface area contributed by atoms with Crippen molar-refractivity contribution in [2.24, 2.45) is 0 Å². The molecule has 0 spiro atoms. The minimum absolute atomic E-state index is 0.0130. The van der Waals surface area contributed by atoms with E-state index in [0.717, 1.165) is 0 Å². The smallest absolute Gasteiger partial charge is 0.379 e. The number of hydrogen-bond acceptors (Lipinski definition) is 8. The van der Waals surface area contributed by atoms with Gasteiger partial charge < -0.3 is 28.4 Å². The number of rotatable bonds is 19. The summed E-state index contributed by atoms with van der Waals surface area (Å²) in [7, 11) is 0. The van der Waals surface area contributed by atoms with Gasteiger partial charge in [-0.3, -0.25) is 4.79 Å². The van der Waals surface area contributed by atoms with E-state index in [1.807, 2.05) is 0 Å². The fourth-order valence-electron chi connectivity index (χ4n) is 2.01. The number of ether oxygens (including phenoxy) is 6. The van der Waals surface area contributed by atoms with Crippen LogP contribution in [0.2, 0.25) is 0 Å². The Balaban J connectivity index is 1.82. The molecule has 0 fully saturated rings. The van der Waals surface area contributed by atoms with Gasteiger partial charge in [-0.25, -0.2) is 4.79 Å². The summed E-state index contributed by atoms with van der Waals surface area (Å²) >= 11 is 0. The van der Waals surface area contributed by atoms with Crippen LogP contribution in [0, 0.1) is 0 Å². The second kappa shape index (κ2) is 18.0. The average molecular weight is 410 g/mol. The van der Waals surface area contributed by atoms with Gasteiger partial charge in [0.15, 0.2) is 0 Å². The summed E-state index contributed by atoms with van der Waals surface area (Å²) in [4.78, 5) is 23.4. The molecule has 0 radical (unpaired) electrons. The topological polar surface area (TPSA) is 89.5 Å². The Labute approximate surface area is 171 Å². The summed E-state index contributed by atoms with van der Waals surface area (Å²) in [6, 6.07) is 8.27. The second-order valence-electron chi connectivity index (χ2n) is 5.64. The highest BCUT2D eigenvalue weighted by Crippen LogP contribution is 2.01. The molecule has 8 heteroatoms. The van der Waals surface area contributed by atoms with Crippen LogP contribution in [0.3, 0.4) is 0 Å². The van der Waals surface area contributed by atoms with Crippen molar-refractivity contribution in [3.63, 3.8) is 0 Å². The minimum atomic E-state index is -0.888. The van der Waals surface area contributed by atoms with Crippen LogP contribution in [0.25, 0.3) is 0 Å². The molecular formula is C21H30O8. The number of hydrogen-bond donors (Lipinski definition) is 0. The molecule has 0 saturated heterocycles. The van der Waals surface area contributed by atoms with Crippen molar-refractivity contribution >= 4 is 11.8 Å². The predicted molar refractivity (Wildman–Crippen MR) is 106 cm³/mol. The summed E-state index contributed by atoms with van der Waals surface area (Å²) in [5, 5.41) is 0. The summed E-state index contributed by atoms with van der Waals surface area (Å²) in [6.45, 7) is 8.04. The van der Waals surface area contributed by atoms with E-state index in [2.05, 4.69) is 6.58 Å². The van der Waals surface area contributed by atoms with Gasteiger partial charge in [0.1, 0.15) is 6.61 Å². The zero-order valence-corrected chi connectivity index (χ0v) is 16.7. The van der Waals surface area contributed by atoms with Gasteiger partial charge in [0.2, 0.25) is 0 Å². The van der Waals surface area contributed by atoms with E-state index in [0.29, 0.717) is 65.0 Å². The van der Waals surface area contributed by atoms with Crippen LogP contribution in [-0.4, -0.2) is 84.4 Å². The summed E-state index contributed by atoms with van der Waals surface area (Å²) in [6.07, 6.45) is 1.69. The SMILES string of the molecule is C=CCOCCOCCOCCOCCOCCOC(=O)C(=O)c1ccccc1. The standard InChI is InChI=1S/C21H30O8/c1-2-8-24-9-10-25-11-12-26-13-14-27-15-16-28-17-18-29-21(23)20(22)19-6-4-3-5-7-19/h2-7H,1,8-18H2. The molecule has 1 aromatic rings. The van der Waals surface area contributed by atoms with Gasteiger partial charge in [-0.15, -0.1) is 6.58 Å². The Morgan fingerprint density at radius 1 is 0.690 bits per heavy atom. The molecule has 8 nitrogen and oxygen atoms in total. The van der Waals surface area contributed by atoms with Crippen molar-refractivity contribution in [3.05, 3.63) is 48.6 Å². The van der Waals surface area contributed by atoms with Crippen molar-refractivity contribution in [1.82, 2.24) is 0 Å². The van der Waals surface area contributed by atoms with Crippen molar-refractivity contribution in [1.29, 1.82) is 0 Å². The molecule has 0 bridgehead atoms. The highest BCUT2D eigenvalue weighted by atomic mass is 16.6. The largest absolute Gasteiger partial charge is 0.457 e. The van der Waals surface area contributed by atoms with Crippen molar-refractivity contribution < 1.29 is 38.0 Å². The summed E-state index contributed by atoms with van der Waals surface area (Å²) in [5.74, 6) is -1.55. The third-order valence-electron chi connectivity index (χ3n) is 3.41. The Hall–Kier alpha value is -2.10. The molecule has 0 aliphatic rings. The molecule has 0 N–H and O–H groups in total. The van der Waals surface area contributed by atoms with E-state index >= 15 is 0 Å². The fourth-order valence-corrected chi connectivity index (χ4v) is 2.01. The first-order chi connectivity index (χ1) is 14.3. The molecule has 0 amide bonds. The number of esters is 1. The Kier molecular flexibility index (Phi) is 15.4. The van der Waals surface area contributed by atoms with Crippen LogP contribution in [0.5, 0.6) is 0 Å². The van der Waals surface area contributed by atoms with Crippen LogP contribution in [0.4, 0.5) is 0 Å². The molecular weight excluding hydrogens is 380 g/mol. The van der Waals surface area contributed by atoms with Crippen LogP contribution in [0.15, 0.2) is 43.0 Å². The minimum Gasteiger partial charge on any atom is -0.457 e. The summed E-state index contributed by atoms with van der Waals surface area (Å²) < 4.78 is 31.4. The Morgan fingerprint density at radius 2 is 1.14 bits per heavy atom. The number of carbonyl (C=O) groups excluding carboxylic acids is 2. The molecule has 162 valence electrons. The molecule has 0 aliphatic carbocycles. The summed E-state index contributed by atoms with van der Waals surface area (Å²) in [5.41, 5.74) is 0.304. The fraction of sp³-hybridized carbons (Fsp3) is 0.524. The lowest BCUT2D eigenvalue weighted by atomic mass is 10.1. The van der Waals surface area contributed by atoms with Crippen molar-refractivity contribution in [2.75, 3.05) is 72.7 Å². The quantitative estimate of drug-likeness (QED) is 0.112. The molecule has 0 atom stereocenters. The first-order valence-electron chi connectivity index (χ1n) is 9.51. The number of carbonyl (C=O) groups is 2. The third kappa shape index (κ3) is 13.7. The third-order valence-corrected chi connectivity index (χ3v) is 3.41. The van der Waals surface area contributed by atoms with E-state index in [1.54, 1.807) is 36.4 Å². The van der Waals surface area contributed by atoms with E-state index in [1.165, 1.54) is 0 Å². The number of benzene rings is 1. The molecule has 29 heavy (non-hydrogen) atoms. The molecule has 1 aromatic carbocycles. The van der Waals surface area contributed by atoms with Crippen LogP contribution < -0.4 is 0 Å². The van der Waals surface area contributed by atoms with Gasteiger partial charge in [0, 0.05) is 5.56 Å². The van der Waals surface area contributed by atoms with E-state index in [-0.39, 0.29) is 13.2 Å². The highest BCUT2D eigenvalue weighted by molar-refractivity contribution is 6.40. The first-order valence-corrected chi connectivity index (χ1v) is 9.51. The lowest BCUT2D eigenvalue weighted by Crippen LogP contribution is -2.20. The maximum atomic E-state index is 11.8. The van der Waals surface area contributed by atoms with Gasteiger partial charge in [-0.1, -0.05) is 36.4 Å². The molecule has 0 unspecified atom stereocenters. The monoisotopic (exact) mass is 410 g/mol. The van der Waals surface area contributed by atoms with Crippen LogP contribution in [0.1, 0.15) is 10.4 Å². The predicted octanol–water partition coefficient (Wildman–Crippen LogP) is 1.68. The van der Waals surface area contributed by atoms with Gasteiger partial charge in [0.05, 0.1) is 66.1 Å². The van der Waals surface area contributed by atoms with Crippen molar-refractivity contribution in [2.45, 2.75) is 0 Å². The van der Waals surface area contributed by atoms with Crippen LogP contribution in [-0.2, 0) is 33.2 Å². The zero-order chi connectivity index (χ0) is 21.0. The Bertz CT molecular complexity index is 561. The average Bonchev–Trinajstić information content (AvgIpc) is 2.75. The maximum Gasteiger partial charge on any atom is 0.379 e. The Morgan fingerprint density at radius 3 is 1.62 bits per heavy atom. The number of ketones is 1. The normalized spacial score (nSPS) is 10.6.